The maximum atomic E-state index is 14.3. The molecular formula is C36H48ClN5O9S. The van der Waals surface area contributed by atoms with Crippen LogP contribution in [-0.2, 0) is 46.8 Å². The third-order valence-corrected chi connectivity index (χ3v) is 12.3. The lowest BCUT2D eigenvalue weighted by molar-refractivity contribution is -0.141. The normalized spacial score (nSPS) is 28.8. The van der Waals surface area contributed by atoms with Gasteiger partial charge in [0.05, 0.1) is 11.8 Å². The highest BCUT2D eigenvalue weighted by atomic mass is 35.5. The number of fused-ring (bicyclic) bond motifs is 3. The molecular weight excluding hydrogens is 714 g/mol. The molecule has 6 rings (SSSR count). The summed E-state index contributed by atoms with van der Waals surface area (Å²) in [6.45, 7) is 5.68. The van der Waals surface area contributed by atoms with Gasteiger partial charge in [-0.1, -0.05) is 42.7 Å². The Balaban J connectivity index is 1.25. The second kappa shape index (κ2) is 14.9. The fourth-order valence-corrected chi connectivity index (χ4v) is 8.75. The Morgan fingerprint density at radius 3 is 2.56 bits per heavy atom. The van der Waals surface area contributed by atoms with Crippen molar-refractivity contribution in [3.05, 3.63) is 46.5 Å². The van der Waals surface area contributed by atoms with Crippen molar-refractivity contribution in [2.45, 2.75) is 126 Å². The molecule has 3 aliphatic heterocycles. The van der Waals surface area contributed by atoms with E-state index in [2.05, 4.69) is 15.4 Å². The van der Waals surface area contributed by atoms with Gasteiger partial charge in [-0.25, -0.2) is 18.0 Å². The smallest absolute Gasteiger partial charge is 0.410 e. The number of amides is 5. The van der Waals surface area contributed by atoms with E-state index in [1.807, 2.05) is 24.3 Å². The van der Waals surface area contributed by atoms with Crippen molar-refractivity contribution in [3.8, 4) is 0 Å². The number of alkyl carbamates (subject to hydrolysis) is 1. The molecule has 2 saturated carbocycles. The molecule has 284 valence electrons. The molecule has 0 bridgehead atoms. The maximum Gasteiger partial charge on any atom is 0.410 e. The molecule has 52 heavy (non-hydrogen) atoms. The average molecular weight is 762 g/mol. The molecule has 2 aliphatic carbocycles. The van der Waals surface area contributed by atoms with Gasteiger partial charge in [0.15, 0.2) is 0 Å². The summed E-state index contributed by atoms with van der Waals surface area (Å²) in [5.74, 6) is -2.51. The van der Waals surface area contributed by atoms with Crippen molar-refractivity contribution in [3.63, 3.8) is 0 Å². The van der Waals surface area contributed by atoms with Gasteiger partial charge in [-0.05, 0) is 89.0 Å². The Kier molecular flexibility index (Phi) is 10.8. The number of halogens is 1. The van der Waals surface area contributed by atoms with Crippen molar-refractivity contribution < 1.29 is 41.9 Å². The number of carbonyl (C=O) groups excluding carboxylic acids is 5. The van der Waals surface area contributed by atoms with E-state index >= 15 is 0 Å². The molecule has 5 atom stereocenters. The van der Waals surface area contributed by atoms with Crippen LogP contribution in [0.25, 0.3) is 0 Å². The lowest BCUT2D eigenvalue weighted by Gasteiger charge is -2.30. The summed E-state index contributed by atoms with van der Waals surface area (Å²) in [5.41, 5.74) is -0.365. The van der Waals surface area contributed by atoms with Crippen LogP contribution in [0.4, 0.5) is 9.59 Å². The first-order valence-corrected chi connectivity index (χ1v) is 20.0. The summed E-state index contributed by atoms with van der Waals surface area (Å²) >= 11 is 6.20. The highest BCUT2D eigenvalue weighted by Gasteiger charge is 2.62. The van der Waals surface area contributed by atoms with Crippen molar-refractivity contribution in [1.29, 1.82) is 0 Å². The van der Waals surface area contributed by atoms with E-state index in [-0.39, 0.29) is 32.4 Å². The summed E-state index contributed by atoms with van der Waals surface area (Å²) in [7, 11) is -3.90. The van der Waals surface area contributed by atoms with Crippen LogP contribution in [0.2, 0.25) is 5.02 Å². The van der Waals surface area contributed by atoms with Gasteiger partial charge in [-0.15, -0.1) is 0 Å². The molecule has 3 N–H and O–H groups in total. The zero-order valence-electron chi connectivity index (χ0n) is 29.8. The standard InChI is InChI=1S/C36H48ClN5O9S/c1-35(2,3)51-33(46)38-28-10-8-6-4-5-7-9-24-19-36(24,32(45)40-52(48,49)27-13-14-27)39-30(43)29-18-26(21-42(29)31(28)44)50-34(47)41-16-15-22-11-12-25(37)17-23(22)20-41/h7,9,11-12,17,24,26-29H,4-6,8,10,13-16,18-21H2,1-3H3,(H,38,46)(H,39,43)(H,40,45)/b9-7-/t24-,26+,28-,29-,36+/m0/s1. The molecule has 1 aromatic rings. The number of nitrogens with zero attached hydrogens (tertiary/aromatic N) is 2. The molecule has 5 amide bonds. The second-order valence-corrected chi connectivity index (χ2v) is 17.9. The Hall–Kier alpha value is -3.85. The van der Waals surface area contributed by atoms with Gasteiger partial charge in [0.25, 0.3) is 5.91 Å². The fraction of sp³-hybridized carbons (Fsp3) is 0.639. The zero-order chi connectivity index (χ0) is 37.4. The minimum atomic E-state index is -3.90. The summed E-state index contributed by atoms with van der Waals surface area (Å²) in [6, 6.07) is 3.32. The molecule has 3 fully saturated rings. The van der Waals surface area contributed by atoms with Crippen LogP contribution in [0.3, 0.4) is 0 Å². The molecule has 0 unspecified atom stereocenters. The topological polar surface area (TPSA) is 181 Å². The second-order valence-electron chi connectivity index (χ2n) is 15.5. The van der Waals surface area contributed by atoms with Gasteiger partial charge >= 0.3 is 12.2 Å². The van der Waals surface area contributed by atoms with Crippen molar-refractivity contribution >= 4 is 51.5 Å². The molecule has 1 saturated heterocycles. The quantitative estimate of drug-likeness (QED) is 0.377. The SMILES string of the molecule is CC(C)(C)OC(=O)N[C@H]1CCCCC/C=C\[C@H]2C[C@@]2(C(=O)NS(=O)(=O)C2CC2)NC(=O)[C@@H]2C[C@@H](OC(=O)N3CCc4ccc(Cl)cc4C3)CN2C1=O. The van der Waals surface area contributed by atoms with Crippen LogP contribution < -0.4 is 15.4 Å². The summed E-state index contributed by atoms with van der Waals surface area (Å²) in [5, 5.41) is 5.42. The Bertz CT molecular complexity index is 1740. The van der Waals surface area contributed by atoms with Crippen LogP contribution in [0.1, 0.15) is 89.7 Å². The van der Waals surface area contributed by atoms with Crippen molar-refractivity contribution in [2.24, 2.45) is 5.92 Å². The average Bonchev–Trinajstić information content (AvgIpc) is 3.99. The van der Waals surface area contributed by atoms with E-state index in [9.17, 15) is 32.4 Å². The molecule has 0 radical (unpaired) electrons. The van der Waals surface area contributed by atoms with E-state index < -0.39 is 80.4 Å². The largest absolute Gasteiger partial charge is 0.444 e. The van der Waals surface area contributed by atoms with Crippen molar-refractivity contribution in [1.82, 2.24) is 25.2 Å². The Morgan fingerprint density at radius 2 is 1.83 bits per heavy atom. The third-order valence-electron chi connectivity index (χ3n) is 10.2. The summed E-state index contributed by atoms with van der Waals surface area (Å²) in [6.07, 6.45) is 6.19. The number of hydrogen-bond acceptors (Lipinski definition) is 9. The number of allylic oxidation sites excluding steroid dienone is 1. The summed E-state index contributed by atoms with van der Waals surface area (Å²) in [4.78, 5) is 71.4. The van der Waals surface area contributed by atoms with E-state index in [0.717, 1.165) is 24.0 Å². The first kappa shape index (κ1) is 37.9. The molecule has 3 heterocycles. The van der Waals surface area contributed by atoms with Crippen LogP contribution in [0, 0.1) is 5.92 Å². The van der Waals surface area contributed by atoms with Crippen LogP contribution >= 0.6 is 11.6 Å². The Morgan fingerprint density at radius 1 is 1.06 bits per heavy atom. The minimum absolute atomic E-state index is 0.0721. The van der Waals surface area contributed by atoms with Gasteiger partial charge in [0.2, 0.25) is 21.8 Å². The predicted octanol–water partition coefficient (Wildman–Crippen LogP) is 3.70. The molecule has 0 spiro atoms. The van der Waals surface area contributed by atoms with E-state index in [1.54, 1.807) is 31.7 Å². The number of nitrogens with one attached hydrogen (secondary N) is 3. The number of rotatable bonds is 5. The number of ether oxygens (including phenoxy) is 2. The van der Waals surface area contributed by atoms with Crippen LogP contribution in [0.15, 0.2) is 30.4 Å². The molecule has 14 nitrogen and oxygen atoms in total. The molecule has 0 aromatic heterocycles. The molecule has 1 aromatic carbocycles. The number of sulfonamides is 1. The van der Waals surface area contributed by atoms with Crippen LogP contribution in [0.5, 0.6) is 0 Å². The fourth-order valence-electron chi connectivity index (χ4n) is 7.20. The van der Waals surface area contributed by atoms with E-state index in [1.165, 1.54) is 4.90 Å². The van der Waals surface area contributed by atoms with Gasteiger partial charge in [0.1, 0.15) is 29.3 Å². The lowest BCUT2D eigenvalue weighted by atomic mass is 10.0. The van der Waals surface area contributed by atoms with Gasteiger partial charge in [-0.2, -0.15) is 0 Å². The number of carbonyl (C=O) groups is 5. The van der Waals surface area contributed by atoms with Crippen molar-refractivity contribution in [2.75, 3.05) is 13.1 Å². The van der Waals surface area contributed by atoms with E-state index in [4.69, 9.17) is 21.1 Å². The van der Waals surface area contributed by atoms with Gasteiger partial charge in [0, 0.05) is 30.5 Å². The number of benzene rings is 1. The number of hydrogen-bond donors (Lipinski definition) is 3. The molecule has 16 heteroatoms. The molecule has 5 aliphatic rings. The zero-order valence-corrected chi connectivity index (χ0v) is 31.4. The van der Waals surface area contributed by atoms with Crippen LogP contribution in [-0.4, -0.2) is 95.8 Å². The summed E-state index contributed by atoms with van der Waals surface area (Å²) < 4.78 is 39.1. The lowest BCUT2D eigenvalue weighted by Crippen LogP contribution is -2.58. The third kappa shape index (κ3) is 8.84. The Labute approximate surface area is 309 Å². The minimum Gasteiger partial charge on any atom is -0.444 e. The maximum absolute atomic E-state index is 14.3. The first-order valence-electron chi connectivity index (χ1n) is 18.1. The highest BCUT2D eigenvalue weighted by molar-refractivity contribution is 7.91. The monoisotopic (exact) mass is 761 g/mol. The van der Waals surface area contributed by atoms with Gasteiger partial charge in [-0.3, -0.25) is 19.1 Å². The first-order chi connectivity index (χ1) is 24.5. The predicted molar refractivity (Wildman–Crippen MR) is 190 cm³/mol. The highest BCUT2D eigenvalue weighted by Crippen LogP contribution is 2.46. The van der Waals surface area contributed by atoms with E-state index in [0.29, 0.717) is 43.7 Å². The van der Waals surface area contributed by atoms with Gasteiger partial charge < -0.3 is 29.9 Å².